The van der Waals surface area contributed by atoms with Crippen LogP contribution in [0.4, 0.5) is 22.0 Å². The number of hydrogen-bond acceptors (Lipinski definition) is 7. The number of Topliss-reactive ketones (excluding diaryl/α,β-unsaturated/α-hetero) is 1. The van der Waals surface area contributed by atoms with E-state index in [0.29, 0.717) is 6.42 Å². The van der Waals surface area contributed by atoms with Gasteiger partial charge >= 0.3 is 6.18 Å². The second-order valence-electron chi connectivity index (χ2n) is 8.09. The Balaban J connectivity index is 1.60. The van der Waals surface area contributed by atoms with Crippen LogP contribution >= 0.6 is 11.6 Å². The number of carbonyl (C=O) groups is 1. The molecule has 1 aromatic heterocycles. The number of nitrogens with two attached hydrogens (primary N) is 1. The topological polar surface area (TPSA) is 99.7 Å². The van der Waals surface area contributed by atoms with Gasteiger partial charge in [0, 0.05) is 17.9 Å². The second kappa shape index (κ2) is 8.64. The summed E-state index contributed by atoms with van der Waals surface area (Å²) < 4.78 is 75.7. The summed E-state index contributed by atoms with van der Waals surface area (Å²) in [5, 5.41) is -0.333. The lowest BCUT2D eigenvalue weighted by Gasteiger charge is -2.32. The Hall–Kier alpha value is -3.02. The minimum Gasteiger partial charge on any atom is -0.467 e. The largest absolute Gasteiger partial charge is 0.467 e. The summed E-state index contributed by atoms with van der Waals surface area (Å²) in [4.78, 5) is 24.6. The number of aliphatic imine (C=N–C) groups is 1. The number of amidine groups is 1. The minimum atomic E-state index is -4.56. The van der Waals surface area contributed by atoms with Crippen molar-refractivity contribution in [3.05, 3.63) is 51.7 Å². The molecule has 7 nitrogen and oxygen atoms in total. The zero-order valence-corrected chi connectivity index (χ0v) is 18.4. The Morgan fingerprint density at radius 1 is 1.38 bits per heavy atom. The number of aryl methyl sites for hydroxylation is 1. The van der Waals surface area contributed by atoms with Gasteiger partial charge in [0.05, 0.1) is 16.9 Å². The van der Waals surface area contributed by atoms with Gasteiger partial charge in [-0.25, -0.2) is 23.7 Å². The highest BCUT2D eigenvalue weighted by atomic mass is 35.5. The minimum absolute atomic E-state index is 0.0298. The number of carbonyl (C=O) groups excluding carboxylic acids is 1. The molecule has 2 aromatic rings. The SMILES string of the molecule is Cc1nc(OCC(F)(F)F)cnc1C(=O)Cc1cc(F)c(Cl)c([C@@]2(CF)N=C(N)O[C@@H]3C[C@@H]32)c1. The third-order valence-corrected chi connectivity index (χ3v) is 6.01. The summed E-state index contributed by atoms with van der Waals surface area (Å²) >= 11 is 6.16. The van der Waals surface area contributed by atoms with Crippen molar-refractivity contribution in [3.63, 3.8) is 0 Å². The van der Waals surface area contributed by atoms with Crippen molar-refractivity contribution in [1.29, 1.82) is 0 Å². The summed E-state index contributed by atoms with van der Waals surface area (Å²) in [6.45, 7) is -1.18. The number of alkyl halides is 4. The number of ether oxygens (including phenoxy) is 2. The molecule has 0 saturated heterocycles. The van der Waals surface area contributed by atoms with Gasteiger partial charge in [0.15, 0.2) is 12.4 Å². The normalized spacial score (nSPS) is 23.6. The van der Waals surface area contributed by atoms with Crippen molar-refractivity contribution in [2.45, 2.75) is 37.6 Å². The van der Waals surface area contributed by atoms with Crippen LogP contribution in [-0.2, 0) is 16.7 Å². The molecule has 34 heavy (non-hydrogen) atoms. The Morgan fingerprint density at radius 3 is 2.76 bits per heavy atom. The number of nitrogens with zero attached hydrogens (tertiary/aromatic N) is 3. The highest BCUT2D eigenvalue weighted by Crippen LogP contribution is 2.54. The van der Waals surface area contributed by atoms with Crippen LogP contribution in [0.5, 0.6) is 5.88 Å². The molecule has 2 N–H and O–H groups in total. The van der Waals surface area contributed by atoms with Gasteiger partial charge in [0.2, 0.25) is 5.88 Å². The predicted octanol–water partition coefficient (Wildman–Crippen LogP) is 3.84. The molecule has 2 aliphatic rings. The van der Waals surface area contributed by atoms with Gasteiger partial charge in [-0.2, -0.15) is 13.2 Å². The molecule has 1 saturated carbocycles. The van der Waals surface area contributed by atoms with Crippen molar-refractivity contribution < 1.29 is 36.2 Å². The summed E-state index contributed by atoms with van der Waals surface area (Å²) in [5.41, 5.74) is 4.27. The van der Waals surface area contributed by atoms with E-state index in [1.54, 1.807) is 0 Å². The first-order chi connectivity index (χ1) is 15.9. The molecule has 0 unspecified atom stereocenters. The third kappa shape index (κ3) is 4.63. The molecule has 0 radical (unpaired) electrons. The van der Waals surface area contributed by atoms with Crippen molar-refractivity contribution in [3.8, 4) is 5.88 Å². The van der Waals surface area contributed by atoms with Crippen LogP contribution in [0, 0.1) is 18.7 Å². The average Bonchev–Trinajstić information content (AvgIpc) is 3.53. The van der Waals surface area contributed by atoms with Crippen LogP contribution in [0.25, 0.3) is 0 Å². The molecule has 3 atom stereocenters. The Morgan fingerprint density at radius 2 is 2.12 bits per heavy atom. The molecule has 4 rings (SSSR count). The van der Waals surface area contributed by atoms with Gasteiger partial charge < -0.3 is 15.2 Å². The van der Waals surface area contributed by atoms with Crippen molar-refractivity contribution >= 4 is 23.4 Å². The van der Waals surface area contributed by atoms with E-state index in [2.05, 4.69) is 19.7 Å². The van der Waals surface area contributed by atoms with Crippen molar-refractivity contribution in [2.75, 3.05) is 13.3 Å². The van der Waals surface area contributed by atoms with E-state index >= 15 is 0 Å². The monoisotopic (exact) mass is 504 g/mol. The van der Waals surface area contributed by atoms with E-state index in [4.69, 9.17) is 22.1 Å². The standard InChI is InChI=1S/C21H18ClF5N4O3/c1-9-18(29-6-16(30-9)33-8-21(25,26)27)14(32)4-10-2-12(17(22)13(24)3-10)20(7-23)11-5-15(11)34-19(28)31-20/h2-3,6,11,15H,4-5,7-8H2,1H3,(H2,28,31)/t11-,15+,20-/m0/s1. The van der Waals surface area contributed by atoms with E-state index in [0.717, 1.165) is 12.3 Å². The van der Waals surface area contributed by atoms with Crippen molar-refractivity contribution in [2.24, 2.45) is 16.6 Å². The first-order valence-corrected chi connectivity index (χ1v) is 10.4. The smallest absolute Gasteiger partial charge is 0.422 e. The zero-order valence-electron chi connectivity index (χ0n) is 17.6. The molecular weight excluding hydrogens is 487 g/mol. The maximum Gasteiger partial charge on any atom is 0.422 e. The molecule has 1 aromatic carbocycles. The summed E-state index contributed by atoms with van der Waals surface area (Å²) in [6.07, 6.45) is -3.91. The van der Waals surface area contributed by atoms with E-state index in [9.17, 15) is 26.7 Å². The quantitative estimate of drug-likeness (QED) is 0.454. The van der Waals surface area contributed by atoms with Gasteiger partial charge in [0.25, 0.3) is 6.02 Å². The molecule has 0 amide bonds. The maximum atomic E-state index is 14.7. The fourth-order valence-electron chi connectivity index (χ4n) is 4.02. The number of halogens is 6. The summed E-state index contributed by atoms with van der Waals surface area (Å²) in [5.74, 6) is -2.24. The number of ketones is 1. The average molecular weight is 505 g/mol. The zero-order chi connectivity index (χ0) is 24.8. The Kier molecular flexibility index (Phi) is 6.13. The first kappa shape index (κ1) is 24.1. The molecule has 2 heterocycles. The summed E-state index contributed by atoms with van der Waals surface area (Å²) in [6, 6.07) is 2.20. The van der Waals surface area contributed by atoms with E-state index in [-0.39, 0.29) is 52.0 Å². The number of aromatic nitrogens is 2. The van der Waals surface area contributed by atoms with E-state index in [1.165, 1.54) is 13.0 Å². The second-order valence-corrected chi connectivity index (χ2v) is 8.47. The molecule has 0 bridgehead atoms. The van der Waals surface area contributed by atoms with Crippen molar-refractivity contribution in [1.82, 2.24) is 9.97 Å². The van der Waals surface area contributed by atoms with Crippen LogP contribution in [0.2, 0.25) is 5.02 Å². The van der Waals surface area contributed by atoms with Crippen LogP contribution in [0.1, 0.15) is 33.7 Å². The maximum absolute atomic E-state index is 14.7. The highest BCUT2D eigenvalue weighted by Gasteiger charge is 2.60. The Labute approximate surface area is 195 Å². The molecule has 0 spiro atoms. The lowest BCUT2D eigenvalue weighted by atomic mass is 9.84. The van der Waals surface area contributed by atoms with Gasteiger partial charge in [-0.1, -0.05) is 17.7 Å². The van der Waals surface area contributed by atoms with Gasteiger partial charge in [-0.15, -0.1) is 0 Å². The fourth-order valence-corrected chi connectivity index (χ4v) is 4.29. The number of rotatable bonds is 7. The number of fused-ring (bicyclic) bond motifs is 1. The van der Waals surface area contributed by atoms with Crippen LogP contribution in [0.15, 0.2) is 23.3 Å². The van der Waals surface area contributed by atoms with E-state index in [1.807, 2.05) is 0 Å². The lowest BCUT2D eigenvalue weighted by Crippen LogP contribution is -2.39. The first-order valence-electron chi connectivity index (χ1n) is 10.1. The van der Waals surface area contributed by atoms with Crippen LogP contribution in [-0.4, -0.2) is 47.3 Å². The predicted molar refractivity (Wildman–Crippen MR) is 110 cm³/mol. The summed E-state index contributed by atoms with van der Waals surface area (Å²) in [7, 11) is 0. The number of benzene rings is 1. The van der Waals surface area contributed by atoms with Crippen LogP contribution in [0.3, 0.4) is 0 Å². The highest BCUT2D eigenvalue weighted by molar-refractivity contribution is 6.31. The molecular formula is C21H18ClF5N4O3. The van der Waals surface area contributed by atoms with Gasteiger partial charge in [-0.3, -0.25) is 4.79 Å². The van der Waals surface area contributed by atoms with Gasteiger partial charge in [-0.05, 0) is 25.0 Å². The molecule has 1 fully saturated rings. The van der Waals surface area contributed by atoms with Gasteiger partial charge in [0.1, 0.15) is 29.8 Å². The molecule has 13 heteroatoms. The Bertz CT molecular complexity index is 1180. The fraction of sp³-hybridized carbons (Fsp3) is 0.429. The molecule has 182 valence electrons. The molecule has 1 aliphatic carbocycles. The lowest BCUT2D eigenvalue weighted by molar-refractivity contribution is -0.154. The third-order valence-electron chi connectivity index (χ3n) is 5.62. The number of hydrogen-bond donors (Lipinski definition) is 1. The van der Waals surface area contributed by atoms with E-state index < -0.39 is 42.5 Å². The van der Waals surface area contributed by atoms with Crippen LogP contribution < -0.4 is 10.5 Å². The molecule has 1 aliphatic heterocycles.